The molecule has 2 heterocycles. The van der Waals surface area contributed by atoms with Crippen LogP contribution in [0.5, 0.6) is 0 Å². The maximum atomic E-state index is 12.2. The molecule has 0 amide bonds. The van der Waals surface area contributed by atoms with Crippen LogP contribution in [0.1, 0.15) is 0 Å². The molecular formula is C6H3F3N4. The first-order valence-corrected chi connectivity index (χ1v) is 3.29. The van der Waals surface area contributed by atoms with Crippen molar-refractivity contribution in [3.8, 4) is 0 Å². The molecule has 0 saturated carbocycles. The molecule has 2 aromatic heterocycles. The zero-order valence-electron chi connectivity index (χ0n) is 6.15. The topological polar surface area (TPSA) is 43.6 Å². The number of hydrogen-bond donors (Lipinski definition) is 0. The fourth-order valence-electron chi connectivity index (χ4n) is 0.953. The Morgan fingerprint density at radius 1 is 1.23 bits per heavy atom. The van der Waals surface area contributed by atoms with Crippen molar-refractivity contribution in [3.05, 3.63) is 18.9 Å². The second-order valence-electron chi connectivity index (χ2n) is 2.31. The largest absolute Gasteiger partial charge is 0.491 e. The van der Waals surface area contributed by atoms with Crippen molar-refractivity contribution in [2.45, 2.75) is 6.30 Å². The number of aromatic nitrogens is 4. The molecule has 68 valence electrons. The Morgan fingerprint density at radius 3 is 2.69 bits per heavy atom. The van der Waals surface area contributed by atoms with Crippen molar-refractivity contribution in [2.75, 3.05) is 0 Å². The van der Waals surface area contributed by atoms with E-state index >= 15 is 0 Å². The van der Waals surface area contributed by atoms with Crippen LogP contribution in [0.3, 0.4) is 0 Å². The van der Waals surface area contributed by atoms with E-state index in [2.05, 4.69) is 15.0 Å². The maximum Gasteiger partial charge on any atom is 0.491 e. The quantitative estimate of drug-likeness (QED) is 0.625. The smallest absolute Gasteiger partial charge is 0.242 e. The number of imidazole rings is 1. The molecule has 0 aliphatic heterocycles. The summed E-state index contributed by atoms with van der Waals surface area (Å²) in [5, 5.41) is 0. The van der Waals surface area contributed by atoms with Gasteiger partial charge in [-0.2, -0.15) is 0 Å². The molecule has 2 aromatic rings. The Kier molecular flexibility index (Phi) is 1.48. The van der Waals surface area contributed by atoms with Crippen molar-refractivity contribution in [1.29, 1.82) is 0 Å². The average Bonchev–Trinajstić information content (AvgIpc) is 2.45. The van der Waals surface area contributed by atoms with E-state index < -0.39 is 6.30 Å². The van der Waals surface area contributed by atoms with Gasteiger partial charge >= 0.3 is 6.30 Å². The molecule has 0 bridgehead atoms. The van der Waals surface area contributed by atoms with Gasteiger partial charge in [-0.1, -0.05) is 0 Å². The third kappa shape index (κ3) is 1.21. The number of fused-ring (bicyclic) bond motifs is 1. The first-order chi connectivity index (χ1) is 6.09. The van der Waals surface area contributed by atoms with E-state index in [1.807, 2.05) is 0 Å². The minimum Gasteiger partial charge on any atom is -0.242 e. The Morgan fingerprint density at radius 2 is 2.00 bits per heavy atom. The van der Waals surface area contributed by atoms with Gasteiger partial charge < -0.3 is 0 Å². The summed E-state index contributed by atoms with van der Waals surface area (Å²) in [4.78, 5) is 10.5. The van der Waals surface area contributed by atoms with Gasteiger partial charge in [0.05, 0.1) is 6.20 Å². The summed E-state index contributed by atoms with van der Waals surface area (Å²) in [7, 11) is 0. The fraction of sp³-hybridized carbons (Fsp3) is 0.167. The summed E-state index contributed by atoms with van der Waals surface area (Å²) in [6.07, 6.45) is -1.53. The average molecular weight is 188 g/mol. The Bertz CT molecular complexity index is 433. The molecule has 2 rings (SSSR count). The minimum atomic E-state index is -4.48. The SMILES string of the molecule is FC(F)(F)n1cnc2cncnc21. The molecule has 0 spiro atoms. The highest BCUT2D eigenvalue weighted by Gasteiger charge is 2.32. The molecule has 0 unspecified atom stereocenters. The third-order valence-electron chi connectivity index (χ3n) is 1.49. The zero-order chi connectivity index (χ0) is 9.47. The minimum absolute atomic E-state index is 0.0456. The van der Waals surface area contributed by atoms with Crippen LogP contribution in [-0.2, 0) is 6.30 Å². The number of nitrogens with zero attached hydrogens (tertiary/aromatic N) is 4. The molecular weight excluding hydrogens is 185 g/mol. The van der Waals surface area contributed by atoms with E-state index in [0.29, 0.717) is 6.33 Å². The van der Waals surface area contributed by atoms with Crippen LogP contribution in [0.2, 0.25) is 0 Å². The lowest BCUT2D eigenvalue weighted by Gasteiger charge is -2.06. The van der Waals surface area contributed by atoms with Crippen LogP contribution in [0.4, 0.5) is 13.2 Å². The van der Waals surface area contributed by atoms with Crippen LogP contribution in [0.25, 0.3) is 11.2 Å². The van der Waals surface area contributed by atoms with Crippen LogP contribution in [0.15, 0.2) is 18.9 Å². The van der Waals surface area contributed by atoms with Crippen molar-refractivity contribution in [2.24, 2.45) is 0 Å². The summed E-state index contributed by atoms with van der Waals surface area (Å²) in [5.41, 5.74) is -0.109. The fourth-order valence-corrected chi connectivity index (χ4v) is 0.953. The molecule has 0 aliphatic rings. The number of hydrogen-bond acceptors (Lipinski definition) is 3. The summed E-state index contributed by atoms with van der Waals surface area (Å²) >= 11 is 0. The molecule has 4 nitrogen and oxygen atoms in total. The second-order valence-corrected chi connectivity index (χ2v) is 2.31. The van der Waals surface area contributed by atoms with Gasteiger partial charge in [0.25, 0.3) is 0 Å². The van der Waals surface area contributed by atoms with Crippen LogP contribution in [-0.4, -0.2) is 19.5 Å². The molecule has 0 N–H and O–H groups in total. The van der Waals surface area contributed by atoms with Gasteiger partial charge in [-0.15, -0.1) is 13.2 Å². The predicted octanol–water partition coefficient (Wildman–Crippen LogP) is 1.30. The molecule has 0 fully saturated rings. The summed E-state index contributed by atoms with van der Waals surface area (Å²) in [6, 6.07) is 0. The predicted molar refractivity (Wildman–Crippen MR) is 36.6 cm³/mol. The van der Waals surface area contributed by atoms with Gasteiger partial charge in [0.1, 0.15) is 18.2 Å². The van der Waals surface area contributed by atoms with Crippen LogP contribution >= 0.6 is 0 Å². The van der Waals surface area contributed by atoms with Gasteiger partial charge in [-0.05, 0) is 0 Å². The summed E-state index contributed by atoms with van der Waals surface area (Å²) in [6.45, 7) is 0. The first kappa shape index (κ1) is 7.96. The van der Waals surface area contributed by atoms with E-state index in [1.54, 1.807) is 0 Å². The molecule has 0 aliphatic carbocycles. The molecule has 0 saturated heterocycles. The van der Waals surface area contributed by atoms with Gasteiger partial charge in [-0.3, -0.25) is 0 Å². The van der Waals surface area contributed by atoms with E-state index in [1.165, 1.54) is 6.20 Å². The summed E-state index contributed by atoms with van der Waals surface area (Å²) in [5.74, 6) is 0. The van der Waals surface area contributed by atoms with Gasteiger partial charge in [0, 0.05) is 0 Å². The van der Waals surface area contributed by atoms with Crippen molar-refractivity contribution < 1.29 is 13.2 Å². The molecule has 7 heteroatoms. The maximum absolute atomic E-state index is 12.2. The Labute approximate surface area is 70.1 Å². The van der Waals surface area contributed by atoms with E-state index in [9.17, 15) is 13.2 Å². The molecule has 0 radical (unpaired) electrons. The summed E-state index contributed by atoms with van der Waals surface area (Å²) < 4.78 is 36.7. The third-order valence-corrected chi connectivity index (χ3v) is 1.49. The molecule has 0 aromatic carbocycles. The van der Waals surface area contributed by atoms with Gasteiger partial charge in [0.2, 0.25) is 0 Å². The van der Waals surface area contributed by atoms with E-state index in [4.69, 9.17) is 0 Å². The highest BCUT2D eigenvalue weighted by molar-refractivity contribution is 5.68. The standard InChI is InChI=1S/C6H3F3N4/c7-6(8,9)13-3-12-4-1-10-2-11-5(4)13/h1-3H. The van der Waals surface area contributed by atoms with Crippen LogP contribution < -0.4 is 0 Å². The number of rotatable bonds is 0. The van der Waals surface area contributed by atoms with E-state index in [-0.39, 0.29) is 15.7 Å². The first-order valence-electron chi connectivity index (χ1n) is 3.29. The zero-order valence-corrected chi connectivity index (χ0v) is 6.15. The monoisotopic (exact) mass is 188 g/mol. The number of halogens is 3. The molecule has 13 heavy (non-hydrogen) atoms. The van der Waals surface area contributed by atoms with Crippen molar-refractivity contribution in [3.63, 3.8) is 0 Å². The van der Waals surface area contributed by atoms with E-state index in [0.717, 1.165) is 6.33 Å². The van der Waals surface area contributed by atoms with Gasteiger partial charge in [-0.25, -0.2) is 19.5 Å². The normalized spacial score (nSPS) is 12.2. The lowest BCUT2D eigenvalue weighted by molar-refractivity contribution is -0.201. The molecule has 0 atom stereocenters. The van der Waals surface area contributed by atoms with Gasteiger partial charge in [0.15, 0.2) is 5.65 Å². The Balaban J connectivity index is 2.72. The number of alkyl halides is 3. The lowest BCUT2D eigenvalue weighted by atomic mass is 10.6. The Hall–Kier alpha value is -1.66. The second kappa shape index (κ2) is 2.41. The van der Waals surface area contributed by atoms with Crippen LogP contribution in [0, 0.1) is 0 Å². The highest BCUT2D eigenvalue weighted by atomic mass is 19.4. The lowest BCUT2D eigenvalue weighted by Crippen LogP contribution is -2.15. The van der Waals surface area contributed by atoms with Crippen molar-refractivity contribution >= 4 is 11.2 Å². The van der Waals surface area contributed by atoms with Crippen molar-refractivity contribution in [1.82, 2.24) is 19.5 Å². The highest BCUT2D eigenvalue weighted by Crippen LogP contribution is 2.25.